The van der Waals surface area contributed by atoms with E-state index in [-0.39, 0.29) is 41.2 Å². The summed E-state index contributed by atoms with van der Waals surface area (Å²) in [6.07, 6.45) is 0.623. The van der Waals surface area contributed by atoms with Gasteiger partial charge in [-0.05, 0) is 85.8 Å². The zero-order chi connectivity index (χ0) is 33.2. The standard InChI is InChI=1S/C32H33N5O7S2/c1-4-43-30(39)28-20(2)36(32(46)35-29(28)22-8-7-9-23(16-22)37(40)41)18-24(38)19-44-25-14-12-21(13-15-25)17-33-31(45)34-26-10-5-6-11-27(26)42-3/h5-17,24,29,38H,4,18-19H2,1-3H3,(H,34,45)(H,35,46). The number of nitro groups is 1. The lowest BCUT2D eigenvalue weighted by atomic mass is 9.94. The van der Waals surface area contributed by atoms with E-state index < -0.39 is 23.0 Å². The molecule has 0 fully saturated rings. The predicted octanol–water partition coefficient (Wildman–Crippen LogP) is 4.93. The van der Waals surface area contributed by atoms with Gasteiger partial charge in [-0.3, -0.25) is 10.1 Å². The van der Waals surface area contributed by atoms with Gasteiger partial charge in [-0.25, -0.2) is 9.79 Å². The minimum Gasteiger partial charge on any atom is -0.495 e. The molecule has 0 spiro atoms. The van der Waals surface area contributed by atoms with E-state index in [1.165, 1.54) is 12.1 Å². The maximum atomic E-state index is 13.0. The highest BCUT2D eigenvalue weighted by Gasteiger charge is 2.36. The summed E-state index contributed by atoms with van der Waals surface area (Å²) in [6.45, 7) is 3.47. The van der Waals surface area contributed by atoms with Gasteiger partial charge in [0.15, 0.2) is 10.2 Å². The van der Waals surface area contributed by atoms with E-state index in [4.69, 9.17) is 38.6 Å². The Labute approximate surface area is 276 Å². The molecule has 3 N–H and O–H groups in total. The molecule has 1 heterocycles. The zero-order valence-electron chi connectivity index (χ0n) is 25.3. The van der Waals surface area contributed by atoms with Crippen molar-refractivity contribution >= 4 is 58.2 Å². The van der Waals surface area contributed by atoms with Gasteiger partial charge in [-0.1, -0.05) is 24.3 Å². The van der Waals surface area contributed by atoms with Gasteiger partial charge in [-0.15, -0.1) is 0 Å². The molecule has 3 aromatic carbocycles. The summed E-state index contributed by atoms with van der Waals surface area (Å²) >= 11 is 10.9. The van der Waals surface area contributed by atoms with Crippen LogP contribution in [0.1, 0.15) is 31.0 Å². The van der Waals surface area contributed by atoms with Crippen LogP contribution in [0.3, 0.4) is 0 Å². The maximum Gasteiger partial charge on any atom is 0.338 e. The van der Waals surface area contributed by atoms with Crippen molar-refractivity contribution in [3.8, 4) is 11.5 Å². The van der Waals surface area contributed by atoms with Crippen molar-refractivity contribution in [1.82, 2.24) is 10.2 Å². The molecule has 0 radical (unpaired) electrons. The average Bonchev–Trinajstić information content (AvgIpc) is 3.05. The zero-order valence-corrected chi connectivity index (χ0v) is 27.0. The van der Waals surface area contributed by atoms with Crippen molar-refractivity contribution < 1.29 is 29.0 Å². The Hall–Kier alpha value is -4.92. The molecule has 0 aromatic heterocycles. The number of hydrogen-bond donors (Lipinski definition) is 3. The lowest BCUT2D eigenvalue weighted by molar-refractivity contribution is -0.384. The Morgan fingerprint density at radius 1 is 1.20 bits per heavy atom. The number of nitrogens with zero attached hydrogens (tertiary/aromatic N) is 3. The lowest BCUT2D eigenvalue weighted by Gasteiger charge is -2.38. The topological polar surface area (TPSA) is 148 Å². The lowest BCUT2D eigenvalue weighted by Crippen LogP contribution is -2.50. The molecular formula is C32H33N5O7S2. The Morgan fingerprint density at radius 2 is 1.93 bits per heavy atom. The molecule has 3 aromatic rings. The van der Waals surface area contributed by atoms with Crippen molar-refractivity contribution in [2.24, 2.45) is 4.99 Å². The first kappa shape index (κ1) is 34.0. The summed E-state index contributed by atoms with van der Waals surface area (Å²) in [7, 11) is 1.58. The van der Waals surface area contributed by atoms with E-state index in [1.807, 2.05) is 24.3 Å². The van der Waals surface area contributed by atoms with Crippen LogP contribution in [0.15, 0.2) is 89.1 Å². The molecule has 0 saturated heterocycles. The van der Waals surface area contributed by atoms with Crippen LogP contribution in [0, 0.1) is 10.1 Å². The van der Waals surface area contributed by atoms with Crippen LogP contribution in [0.25, 0.3) is 0 Å². The number of esters is 1. The number of aliphatic imine (C=N–C) groups is 1. The molecule has 1 aliphatic rings. The van der Waals surface area contributed by atoms with Crippen LogP contribution in [0.2, 0.25) is 0 Å². The van der Waals surface area contributed by atoms with Crippen molar-refractivity contribution in [2.45, 2.75) is 26.0 Å². The van der Waals surface area contributed by atoms with Gasteiger partial charge < -0.3 is 34.9 Å². The first-order valence-electron chi connectivity index (χ1n) is 14.2. The molecular weight excluding hydrogens is 631 g/mol. The van der Waals surface area contributed by atoms with E-state index in [0.29, 0.717) is 28.4 Å². The predicted molar refractivity (Wildman–Crippen MR) is 182 cm³/mol. The van der Waals surface area contributed by atoms with Crippen molar-refractivity contribution in [1.29, 1.82) is 0 Å². The van der Waals surface area contributed by atoms with Crippen LogP contribution in [0.4, 0.5) is 11.4 Å². The molecule has 46 heavy (non-hydrogen) atoms. The van der Waals surface area contributed by atoms with Crippen molar-refractivity contribution in [3.63, 3.8) is 0 Å². The molecule has 2 atom stereocenters. The van der Waals surface area contributed by atoms with Crippen molar-refractivity contribution in [2.75, 3.05) is 32.2 Å². The number of β-amino-alcohol motifs (C(OH)–C–C–N with tert-alkyl or cyclic N) is 1. The summed E-state index contributed by atoms with van der Waals surface area (Å²) in [5.74, 6) is 0.579. The molecule has 14 heteroatoms. The molecule has 0 bridgehead atoms. The summed E-state index contributed by atoms with van der Waals surface area (Å²) in [4.78, 5) is 29.8. The van der Waals surface area contributed by atoms with E-state index in [1.54, 1.807) is 68.5 Å². The third kappa shape index (κ3) is 8.62. The summed E-state index contributed by atoms with van der Waals surface area (Å²) in [5.41, 5.74) is 2.54. The normalized spacial score (nSPS) is 15.3. The van der Waals surface area contributed by atoms with Crippen LogP contribution < -0.4 is 20.1 Å². The highest BCUT2D eigenvalue weighted by atomic mass is 32.1. The number of rotatable bonds is 12. The molecule has 2 unspecified atom stereocenters. The Kier molecular flexibility index (Phi) is 11.7. The molecule has 240 valence electrons. The SMILES string of the molecule is CCOC(=O)C1=C(C)N(CC(O)COc2ccc(C=NC(=S)Nc3ccccc3OC)cc2)C(=S)NC1c1cccc([N+](=O)[O-])c1. The van der Waals surface area contributed by atoms with E-state index in [2.05, 4.69) is 15.6 Å². The average molecular weight is 664 g/mol. The van der Waals surface area contributed by atoms with Gasteiger partial charge in [0.05, 0.1) is 42.5 Å². The fraction of sp³-hybridized carbons (Fsp3) is 0.250. The first-order valence-corrected chi connectivity index (χ1v) is 15.0. The fourth-order valence-corrected chi connectivity index (χ4v) is 5.17. The molecule has 4 rings (SSSR count). The fourth-order valence-electron chi connectivity index (χ4n) is 4.68. The molecule has 0 amide bonds. The van der Waals surface area contributed by atoms with Gasteiger partial charge >= 0.3 is 5.97 Å². The summed E-state index contributed by atoms with van der Waals surface area (Å²) in [6, 6.07) is 19.6. The number of aliphatic hydroxyl groups excluding tert-OH is 1. The Bertz CT molecular complexity index is 1660. The number of carbonyl (C=O) groups is 1. The second-order valence-corrected chi connectivity index (χ2v) is 10.8. The third-order valence-electron chi connectivity index (χ3n) is 6.90. The summed E-state index contributed by atoms with van der Waals surface area (Å²) in [5, 5.41) is 28.8. The molecule has 0 aliphatic carbocycles. The van der Waals surface area contributed by atoms with Crippen molar-refractivity contribution in [3.05, 3.63) is 105 Å². The van der Waals surface area contributed by atoms with Crippen LogP contribution in [-0.4, -0.2) is 70.3 Å². The van der Waals surface area contributed by atoms with Gasteiger partial charge in [0, 0.05) is 24.0 Å². The number of allylic oxidation sites excluding steroid dienone is 1. The van der Waals surface area contributed by atoms with Crippen LogP contribution >= 0.6 is 24.4 Å². The van der Waals surface area contributed by atoms with Crippen LogP contribution in [-0.2, 0) is 9.53 Å². The number of benzene rings is 3. The summed E-state index contributed by atoms with van der Waals surface area (Å²) < 4.78 is 16.4. The smallest absolute Gasteiger partial charge is 0.338 e. The molecule has 12 nitrogen and oxygen atoms in total. The monoisotopic (exact) mass is 663 g/mol. The minimum absolute atomic E-state index is 0.0175. The first-order chi connectivity index (χ1) is 22.1. The van der Waals surface area contributed by atoms with E-state index in [9.17, 15) is 20.0 Å². The number of nitro benzene ring substituents is 1. The van der Waals surface area contributed by atoms with Gasteiger partial charge in [0.2, 0.25) is 0 Å². The number of aliphatic hydroxyl groups is 1. The number of para-hydroxylation sites is 2. The number of methoxy groups -OCH3 is 1. The Balaban J connectivity index is 1.39. The van der Waals surface area contributed by atoms with E-state index in [0.717, 1.165) is 5.56 Å². The van der Waals surface area contributed by atoms with Gasteiger partial charge in [-0.2, -0.15) is 0 Å². The third-order valence-corrected chi connectivity index (χ3v) is 7.45. The minimum atomic E-state index is -0.993. The molecule has 0 saturated carbocycles. The number of carbonyl (C=O) groups excluding carboxylic acids is 1. The van der Waals surface area contributed by atoms with E-state index >= 15 is 0 Å². The highest BCUT2D eigenvalue weighted by molar-refractivity contribution is 7.80. The maximum absolute atomic E-state index is 13.0. The van der Waals surface area contributed by atoms with Crippen LogP contribution in [0.5, 0.6) is 11.5 Å². The number of hydrogen-bond acceptors (Lipinski definition) is 9. The Morgan fingerprint density at radius 3 is 2.63 bits per heavy atom. The number of anilines is 1. The van der Waals surface area contributed by atoms with Gasteiger partial charge in [0.1, 0.15) is 24.2 Å². The highest BCUT2D eigenvalue weighted by Crippen LogP contribution is 2.33. The second kappa shape index (κ2) is 15.9. The molecule has 1 aliphatic heterocycles. The number of nitrogens with one attached hydrogen (secondary N) is 2. The number of non-ortho nitro benzene ring substituents is 1. The largest absolute Gasteiger partial charge is 0.495 e. The number of thiocarbonyl (C=S) groups is 2. The number of ether oxygens (including phenoxy) is 3. The quantitative estimate of drug-likeness (QED) is 0.0794. The van der Waals surface area contributed by atoms with Gasteiger partial charge in [0.25, 0.3) is 5.69 Å². The second-order valence-electron chi connectivity index (χ2n) is 9.99.